The monoisotopic (exact) mass is 325 g/mol. The van der Waals surface area contributed by atoms with Crippen molar-refractivity contribution in [1.82, 2.24) is 15.6 Å². The van der Waals surface area contributed by atoms with E-state index in [1.165, 1.54) is 0 Å². The first-order valence-corrected chi connectivity index (χ1v) is 8.27. The second-order valence-corrected chi connectivity index (χ2v) is 5.55. The summed E-state index contributed by atoms with van der Waals surface area (Å²) in [6.07, 6.45) is 4.86. The number of carbonyl (C=O) groups excluding carboxylic acids is 2. The average Bonchev–Trinajstić information content (AvgIpc) is 2.64. The maximum Gasteiger partial charge on any atom is 0.251 e. The Kier molecular flexibility index (Phi) is 6.95. The fourth-order valence-electron chi connectivity index (χ4n) is 2.26. The van der Waals surface area contributed by atoms with Gasteiger partial charge in [0.25, 0.3) is 11.8 Å². The standard InChI is InChI=1S/C19H23N3O2/c1-2-3-5-12-21-18(23)15-8-7-9-16(13-15)19(24)22-14-17-10-4-6-11-20-17/h4,6-11,13H,2-3,5,12,14H2,1H3,(H,21,23)(H,22,24). The second-order valence-electron chi connectivity index (χ2n) is 5.55. The number of pyridine rings is 1. The highest BCUT2D eigenvalue weighted by Gasteiger charge is 2.10. The molecule has 0 aliphatic carbocycles. The van der Waals surface area contributed by atoms with Crippen LogP contribution in [0.5, 0.6) is 0 Å². The van der Waals surface area contributed by atoms with Gasteiger partial charge < -0.3 is 10.6 Å². The van der Waals surface area contributed by atoms with Crippen LogP contribution in [0.4, 0.5) is 0 Å². The van der Waals surface area contributed by atoms with Gasteiger partial charge in [-0.2, -0.15) is 0 Å². The third-order valence-electron chi connectivity index (χ3n) is 3.61. The fraction of sp³-hybridized carbons (Fsp3) is 0.316. The molecule has 0 aliphatic rings. The quantitative estimate of drug-likeness (QED) is 0.733. The first-order chi connectivity index (χ1) is 11.7. The molecular formula is C19H23N3O2. The van der Waals surface area contributed by atoms with Gasteiger partial charge in [0, 0.05) is 23.9 Å². The summed E-state index contributed by atoms with van der Waals surface area (Å²) >= 11 is 0. The molecule has 0 fully saturated rings. The number of nitrogens with zero attached hydrogens (tertiary/aromatic N) is 1. The van der Waals surface area contributed by atoms with Crippen molar-refractivity contribution >= 4 is 11.8 Å². The van der Waals surface area contributed by atoms with Crippen molar-refractivity contribution < 1.29 is 9.59 Å². The zero-order valence-electron chi connectivity index (χ0n) is 13.9. The van der Waals surface area contributed by atoms with Crippen molar-refractivity contribution in [2.45, 2.75) is 32.7 Å². The molecule has 0 unspecified atom stereocenters. The number of amides is 2. The van der Waals surface area contributed by atoms with E-state index in [4.69, 9.17) is 0 Å². The largest absolute Gasteiger partial charge is 0.352 e. The summed E-state index contributed by atoms with van der Waals surface area (Å²) in [6.45, 7) is 3.13. The van der Waals surface area contributed by atoms with Gasteiger partial charge in [0.15, 0.2) is 0 Å². The predicted octanol–water partition coefficient (Wildman–Crippen LogP) is 2.93. The molecule has 2 aromatic rings. The lowest BCUT2D eigenvalue weighted by atomic mass is 10.1. The summed E-state index contributed by atoms with van der Waals surface area (Å²) in [4.78, 5) is 28.5. The Labute approximate surface area is 142 Å². The smallest absolute Gasteiger partial charge is 0.251 e. The van der Waals surface area contributed by atoms with E-state index in [0.29, 0.717) is 24.2 Å². The van der Waals surface area contributed by atoms with Gasteiger partial charge in [0.1, 0.15) is 0 Å². The summed E-state index contributed by atoms with van der Waals surface area (Å²) in [6, 6.07) is 12.3. The highest BCUT2D eigenvalue weighted by Crippen LogP contribution is 2.06. The van der Waals surface area contributed by atoms with E-state index < -0.39 is 0 Å². The lowest BCUT2D eigenvalue weighted by Gasteiger charge is -2.08. The van der Waals surface area contributed by atoms with Crippen molar-refractivity contribution in [1.29, 1.82) is 0 Å². The summed E-state index contributed by atoms with van der Waals surface area (Å²) in [5.41, 5.74) is 1.75. The van der Waals surface area contributed by atoms with Gasteiger partial charge in [-0.3, -0.25) is 14.6 Å². The molecule has 0 aliphatic heterocycles. The number of benzene rings is 1. The number of hydrogen-bond donors (Lipinski definition) is 2. The van der Waals surface area contributed by atoms with Crippen LogP contribution in [0.1, 0.15) is 52.6 Å². The number of hydrogen-bond acceptors (Lipinski definition) is 3. The van der Waals surface area contributed by atoms with E-state index in [1.54, 1.807) is 30.5 Å². The molecule has 0 saturated heterocycles. The number of aromatic nitrogens is 1. The Hall–Kier alpha value is -2.69. The van der Waals surface area contributed by atoms with Crippen LogP contribution in [0, 0.1) is 0 Å². The van der Waals surface area contributed by atoms with Crippen LogP contribution in [0.25, 0.3) is 0 Å². The minimum Gasteiger partial charge on any atom is -0.352 e. The molecule has 1 aromatic carbocycles. The Morgan fingerprint density at radius 2 is 1.71 bits per heavy atom. The number of rotatable bonds is 8. The molecule has 5 heteroatoms. The van der Waals surface area contributed by atoms with Crippen molar-refractivity contribution in [2.24, 2.45) is 0 Å². The SMILES string of the molecule is CCCCCNC(=O)c1cccc(C(=O)NCc2ccccn2)c1. The van der Waals surface area contributed by atoms with Gasteiger partial charge in [-0.25, -0.2) is 0 Å². The van der Waals surface area contributed by atoms with Crippen molar-refractivity contribution in [3.63, 3.8) is 0 Å². The lowest BCUT2D eigenvalue weighted by Crippen LogP contribution is -2.26. The van der Waals surface area contributed by atoms with E-state index in [-0.39, 0.29) is 11.8 Å². The Bertz CT molecular complexity index is 671. The number of carbonyl (C=O) groups is 2. The van der Waals surface area contributed by atoms with Crippen molar-refractivity contribution in [2.75, 3.05) is 6.54 Å². The Morgan fingerprint density at radius 1 is 0.958 bits per heavy atom. The predicted molar refractivity (Wildman–Crippen MR) is 93.7 cm³/mol. The van der Waals surface area contributed by atoms with Crippen LogP contribution in [-0.2, 0) is 6.54 Å². The molecule has 1 aromatic heterocycles. The van der Waals surface area contributed by atoms with E-state index in [9.17, 15) is 9.59 Å². The van der Waals surface area contributed by atoms with Crippen LogP contribution < -0.4 is 10.6 Å². The Balaban J connectivity index is 1.91. The average molecular weight is 325 g/mol. The molecule has 0 spiro atoms. The molecule has 0 bridgehead atoms. The van der Waals surface area contributed by atoms with Gasteiger partial charge in [-0.15, -0.1) is 0 Å². The second kappa shape index (κ2) is 9.45. The molecule has 0 saturated carbocycles. The van der Waals surface area contributed by atoms with Crippen molar-refractivity contribution in [3.8, 4) is 0 Å². The Morgan fingerprint density at radius 3 is 2.38 bits per heavy atom. The maximum absolute atomic E-state index is 12.2. The lowest BCUT2D eigenvalue weighted by molar-refractivity contribution is 0.0950. The molecule has 126 valence electrons. The topological polar surface area (TPSA) is 71.1 Å². The summed E-state index contributed by atoms with van der Waals surface area (Å²) in [5.74, 6) is -0.369. The number of unbranched alkanes of at least 4 members (excludes halogenated alkanes) is 2. The zero-order valence-corrected chi connectivity index (χ0v) is 13.9. The van der Waals surface area contributed by atoms with Crippen molar-refractivity contribution in [3.05, 3.63) is 65.5 Å². The van der Waals surface area contributed by atoms with Gasteiger partial charge in [-0.1, -0.05) is 31.9 Å². The molecule has 5 nitrogen and oxygen atoms in total. The van der Waals surface area contributed by atoms with Crippen LogP contribution >= 0.6 is 0 Å². The summed E-state index contributed by atoms with van der Waals surface area (Å²) < 4.78 is 0. The fourth-order valence-corrected chi connectivity index (χ4v) is 2.26. The first kappa shape index (κ1) is 17.7. The van der Waals surface area contributed by atoms with Crippen LogP contribution in [0.2, 0.25) is 0 Å². The summed E-state index contributed by atoms with van der Waals surface area (Å²) in [5, 5.41) is 5.69. The molecule has 24 heavy (non-hydrogen) atoms. The molecule has 1 heterocycles. The minimum atomic E-state index is -0.221. The van der Waals surface area contributed by atoms with E-state index in [1.807, 2.05) is 18.2 Å². The summed E-state index contributed by atoms with van der Waals surface area (Å²) in [7, 11) is 0. The molecular weight excluding hydrogens is 302 g/mol. The first-order valence-electron chi connectivity index (χ1n) is 8.27. The van der Waals surface area contributed by atoms with E-state index in [0.717, 1.165) is 25.0 Å². The highest BCUT2D eigenvalue weighted by molar-refractivity contribution is 5.99. The van der Waals surface area contributed by atoms with Crippen LogP contribution in [-0.4, -0.2) is 23.3 Å². The van der Waals surface area contributed by atoms with Gasteiger partial charge >= 0.3 is 0 Å². The normalized spacial score (nSPS) is 10.2. The molecule has 0 atom stereocenters. The van der Waals surface area contributed by atoms with Gasteiger partial charge in [-0.05, 0) is 36.8 Å². The van der Waals surface area contributed by atoms with Gasteiger partial charge in [0.2, 0.25) is 0 Å². The zero-order chi connectivity index (χ0) is 17.2. The number of nitrogens with one attached hydrogen (secondary N) is 2. The van der Waals surface area contributed by atoms with Crippen LogP contribution in [0.3, 0.4) is 0 Å². The minimum absolute atomic E-state index is 0.148. The highest BCUT2D eigenvalue weighted by atomic mass is 16.2. The molecule has 2 amide bonds. The third kappa shape index (κ3) is 5.50. The van der Waals surface area contributed by atoms with E-state index >= 15 is 0 Å². The maximum atomic E-state index is 12.2. The molecule has 0 radical (unpaired) electrons. The van der Waals surface area contributed by atoms with Crippen LogP contribution in [0.15, 0.2) is 48.7 Å². The molecule has 2 N–H and O–H groups in total. The van der Waals surface area contributed by atoms with E-state index in [2.05, 4.69) is 22.5 Å². The molecule has 2 rings (SSSR count). The van der Waals surface area contributed by atoms with Gasteiger partial charge in [0.05, 0.1) is 12.2 Å². The third-order valence-corrected chi connectivity index (χ3v) is 3.61.